The summed E-state index contributed by atoms with van der Waals surface area (Å²) in [5.41, 5.74) is 0.539. The van der Waals surface area contributed by atoms with E-state index in [1.54, 1.807) is 24.3 Å². The van der Waals surface area contributed by atoms with E-state index < -0.39 is 0 Å². The predicted molar refractivity (Wildman–Crippen MR) is 54.5 cm³/mol. The third kappa shape index (κ3) is 2.43. The molecule has 1 aliphatic carbocycles. The zero-order chi connectivity index (χ0) is 10.7. The molecule has 78 valence electrons. The Bertz CT molecular complexity index is 370. The van der Waals surface area contributed by atoms with Crippen LogP contribution in [0.2, 0.25) is 0 Å². The number of ketones is 1. The van der Waals surface area contributed by atoms with Crippen molar-refractivity contribution in [1.82, 2.24) is 0 Å². The standard InChI is InChI=1S/C12H12O3/c13-10-6-7-11(8-10)15-12(14)9-4-2-1-3-5-9/h1-5,11H,6-8H2. The first-order valence-corrected chi connectivity index (χ1v) is 5.03. The van der Waals surface area contributed by atoms with Gasteiger partial charge in [0.15, 0.2) is 0 Å². The molecule has 0 aromatic heterocycles. The molecule has 1 aromatic carbocycles. The summed E-state index contributed by atoms with van der Waals surface area (Å²) in [5, 5.41) is 0. The second-order valence-corrected chi connectivity index (χ2v) is 3.67. The molecule has 0 amide bonds. The van der Waals surface area contributed by atoms with Crippen LogP contribution in [0.5, 0.6) is 0 Å². The van der Waals surface area contributed by atoms with Gasteiger partial charge in [0.1, 0.15) is 11.9 Å². The van der Waals surface area contributed by atoms with Gasteiger partial charge in [-0.15, -0.1) is 0 Å². The van der Waals surface area contributed by atoms with Crippen LogP contribution in [0.25, 0.3) is 0 Å². The zero-order valence-electron chi connectivity index (χ0n) is 8.31. The van der Waals surface area contributed by atoms with Gasteiger partial charge < -0.3 is 4.74 Å². The fraction of sp³-hybridized carbons (Fsp3) is 0.333. The number of hydrogen-bond acceptors (Lipinski definition) is 3. The highest BCUT2D eigenvalue weighted by molar-refractivity contribution is 5.90. The summed E-state index contributed by atoms with van der Waals surface area (Å²) in [4.78, 5) is 22.6. The molecule has 1 saturated carbocycles. The third-order valence-corrected chi connectivity index (χ3v) is 2.48. The Kier molecular flexibility index (Phi) is 2.81. The van der Waals surface area contributed by atoms with Crippen molar-refractivity contribution >= 4 is 11.8 Å². The van der Waals surface area contributed by atoms with Crippen molar-refractivity contribution in [2.45, 2.75) is 25.4 Å². The molecule has 3 nitrogen and oxygen atoms in total. The lowest BCUT2D eigenvalue weighted by Gasteiger charge is -2.10. The topological polar surface area (TPSA) is 43.4 Å². The van der Waals surface area contributed by atoms with Crippen molar-refractivity contribution in [3.05, 3.63) is 35.9 Å². The number of rotatable bonds is 2. The molecule has 15 heavy (non-hydrogen) atoms. The second-order valence-electron chi connectivity index (χ2n) is 3.67. The molecular weight excluding hydrogens is 192 g/mol. The fourth-order valence-corrected chi connectivity index (χ4v) is 1.67. The van der Waals surface area contributed by atoms with Gasteiger partial charge in [-0.25, -0.2) is 4.79 Å². The number of esters is 1. The van der Waals surface area contributed by atoms with E-state index >= 15 is 0 Å². The fourth-order valence-electron chi connectivity index (χ4n) is 1.67. The highest BCUT2D eigenvalue weighted by Gasteiger charge is 2.25. The first kappa shape index (κ1) is 9.90. The Morgan fingerprint density at radius 1 is 1.27 bits per heavy atom. The van der Waals surface area contributed by atoms with Gasteiger partial charge >= 0.3 is 5.97 Å². The van der Waals surface area contributed by atoms with Gasteiger partial charge in [-0.1, -0.05) is 18.2 Å². The molecule has 0 N–H and O–H groups in total. The maximum atomic E-state index is 11.6. The molecule has 1 atom stereocenters. The largest absolute Gasteiger partial charge is 0.458 e. The third-order valence-electron chi connectivity index (χ3n) is 2.48. The number of carbonyl (C=O) groups excluding carboxylic acids is 2. The molecule has 0 bridgehead atoms. The van der Waals surface area contributed by atoms with E-state index in [4.69, 9.17) is 4.74 Å². The molecule has 0 spiro atoms. The summed E-state index contributed by atoms with van der Waals surface area (Å²) in [7, 11) is 0. The van der Waals surface area contributed by atoms with Crippen LogP contribution in [0.15, 0.2) is 30.3 Å². The maximum absolute atomic E-state index is 11.6. The summed E-state index contributed by atoms with van der Waals surface area (Å²) in [6.07, 6.45) is 1.35. The van der Waals surface area contributed by atoms with Crippen molar-refractivity contribution in [2.24, 2.45) is 0 Å². The molecule has 2 rings (SSSR count). The lowest BCUT2D eigenvalue weighted by Crippen LogP contribution is -2.15. The molecule has 3 heteroatoms. The molecule has 1 unspecified atom stereocenters. The number of hydrogen-bond donors (Lipinski definition) is 0. The highest BCUT2D eigenvalue weighted by Crippen LogP contribution is 2.19. The summed E-state index contributed by atoms with van der Waals surface area (Å²) < 4.78 is 5.21. The van der Waals surface area contributed by atoms with Crippen LogP contribution in [0.3, 0.4) is 0 Å². The van der Waals surface area contributed by atoms with Gasteiger partial charge in [0.05, 0.1) is 5.56 Å². The van der Waals surface area contributed by atoms with Gasteiger partial charge in [0, 0.05) is 12.8 Å². The SMILES string of the molecule is O=C1CCC(OC(=O)c2ccccc2)C1. The summed E-state index contributed by atoms with van der Waals surface area (Å²) in [6.45, 7) is 0. The van der Waals surface area contributed by atoms with E-state index in [9.17, 15) is 9.59 Å². The van der Waals surface area contributed by atoms with E-state index in [0.717, 1.165) is 0 Å². The smallest absolute Gasteiger partial charge is 0.338 e. The van der Waals surface area contributed by atoms with Crippen LogP contribution in [-0.2, 0) is 9.53 Å². The maximum Gasteiger partial charge on any atom is 0.338 e. The molecule has 0 radical (unpaired) electrons. The van der Waals surface area contributed by atoms with Crippen molar-refractivity contribution in [3.63, 3.8) is 0 Å². The van der Waals surface area contributed by atoms with Crippen LogP contribution in [-0.4, -0.2) is 17.9 Å². The van der Waals surface area contributed by atoms with Crippen LogP contribution >= 0.6 is 0 Å². The first-order chi connectivity index (χ1) is 7.25. The van der Waals surface area contributed by atoms with E-state index in [-0.39, 0.29) is 17.9 Å². The van der Waals surface area contributed by atoms with Gasteiger partial charge in [-0.2, -0.15) is 0 Å². The van der Waals surface area contributed by atoms with E-state index in [1.165, 1.54) is 0 Å². The first-order valence-electron chi connectivity index (χ1n) is 5.03. The summed E-state index contributed by atoms with van der Waals surface area (Å²) in [6, 6.07) is 8.83. The minimum absolute atomic E-state index is 0.181. The predicted octanol–water partition coefficient (Wildman–Crippen LogP) is 1.97. The molecule has 1 aromatic rings. The van der Waals surface area contributed by atoms with Crippen molar-refractivity contribution in [3.8, 4) is 0 Å². The lowest BCUT2D eigenvalue weighted by atomic mass is 10.2. The normalized spacial score (nSPS) is 20.3. The number of carbonyl (C=O) groups is 2. The molecule has 1 aliphatic rings. The average Bonchev–Trinajstić information content (AvgIpc) is 2.65. The van der Waals surface area contributed by atoms with Gasteiger partial charge in [-0.3, -0.25) is 4.79 Å². The molecule has 1 fully saturated rings. The molecule has 0 aliphatic heterocycles. The van der Waals surface area contributed by atoms with Crippen LogP contribution < -0.4 is 0 Å². The van der Waals surface area contributed by atoms with E-state index in [0.29, 0.717) is 24.8 Å². The Hall–Kier alpha value is -1.64. The van der Waals surface area contributed by atoms with E-state index in [1.807, 2.05) is 6.07 Å². The Labute approximate surface area is 88.1 Å². The number of benzene rings is 1. The quantitative estimate of drug-likeness (QED) is 0.692. The average molecular weight is 204 g/mol. The Morgan fingerprint density at radius 3 is 2.60 bits per heavy atom. The van der Waals surface area contributed by atoms with Crippen LogP contribution in [0.1, 0.15) is 29.6 Å². The number of Topliss-reactive ketones (excluding diaryl/α,β-unsaturated/α-hetero) is 1. The van der Waals surface area contributed by atoms with Crippen molar-refractivity contribution in [1.29, 1.82) is 0 Å². The molecule has 0 saturated heterocycles. The van der Waals surface area contributed by atoms with Crippen LogP contribution in [0.4, 0.5) is 0 Å². The van der Waals surface area contributed by atoms with Crippen molar-refractivity contribution < 1.29 is 14.3 Å². The Morgan fingerprint density at radius 2 is 2.00 bits per heavy atom. The minimum atomic E-state index is -0.338. The van der Waals surface area contributed by atoms with Gasteiger partial charge in [0.2, 0.25) is 0 Å². The van der Waals surface area contributed by atoms with Crippen molar-refractivity contribution in [2.75, 3.05) is 0 Å². The lowest BCUT2D eigenvalue weighted by molar-refractivity contribution is -0.117. The molecular formula is C12H12O3. The zero-order valence-corrected chi connectivity index (χ0v) is 8.31. The number of ether oxygens (including phenoxy) is 1. The van der Waals surface area contributed by atoms with Gasteiger partial charge in [0.25, 0.3) is 0 Å². The summed E-state index contributed by atoms with van der Waals surface area (Å²) >= 11 is 0. The summed E-state index contributed by atoms with van der Waals surface area (Å²) in [5.74, 6) is -0.156. The van der Waals surface area contributed by atoms with E-state index in [2.05, 4.69) is 0 Å². The minimum Gasteiger partial charge on any atom is -0.458 e. The molecule has 0 heterocycles. The Balaban J connectivity index is 1.96. The second kappa shape index (κ2) is 4.26. The monoisotopic (exact) mass is 204 g/mol. The van der Waals surface area contributed by atoms with Gasteiger partial charge in [-0.05, 0) is 18.6 Å². The van der Waals surface area contributed by atoms with Crippen LogP contribution in [0, 0.1) is 0 Å². The highest BCUT2D eigenvalue weighted by atomic mass is 16.5.